The number of benzene rings is 2. The molecule has 1 amide bonds. The first kappa shape index (κ1) is 27.6. The Labute approximate surface area is 207 Å². The Morgan fingerprint density at radius 2 is 1.66 bits per heavy atom. The molecule has 7 heteroatoms. The smallest absolute Gasteiger partial charge is 0.331 e. The van der Waals surface area contributed by atoms with Crippen LogP contribution in [0.2, 0.25) is 0 Å². The fourth-order valence-electron chi connectivity index (χ4n) is 2.83. The lowest BCUT2D eigenvalue weighted by molar-refractivity contribution is -0.136. The van der Waals surface area contributed by atoms with E-state index in [-0.39, 0.29) is 18.3 Å². The summed E-state index contributed by atoms with van der Waals surface area (Å²) in [6.45, 7) is 10.2. The Morgan fingerprint density at radius 1 is 0.943 bits per heavy atom. The Balaban J connectivity index is 1.90. The van der Waals surface area contributed by atoms with E-state index in [1.165, 1.54) is 6.08 Å². The topological polar surface area (TPSA) is 90.9 Å². The normalized spacial score (nSPS) is 11.2. The molecule has 0 saturated heterocycles. The van der Waals surface area contributed by atoms with Gasteiger partial charge in [0.25, 0.3) is 0 Å². The number of hydrogen-bond acceptors (Lipinski definition) is 6. The lowest BCUT2D eigenvalue weighted by Crippen LogP contribution is -2.27. The summed E-state index contributed by atoms with van der Waals surface area (Å²) in [6.07, 6.45) is 4.85. The van der Waals surface area contributed by atoms with Crippen LogP contribution in [0.5, 0.6) is 11.5 Å². The SMILES string of the molecule is CCCCOc1ccc(/C=C/C(=O)OCC(=O)c2ccc(NC(=O)C(C)(C)C)cc2)cc1OCC. The molecule has 0 saturated carbocycles. The first-order chi connectivity index (χ1) is 16.6. The van der Waals surface area contributed by atoms with Gasteiger partial charge in [-0.25, -0.2) is 4.79 Å². The second-order valence-corrected chi connectivity index (χ2v) is 8.99. The zero-order valence-electron chi connectivity index (χ0n) is 21.2. The van der Waals surface area contributed by atoms with Crippen molar-refractivity contribution in [2.24, 2.45) is 5.41 Å². The number of carbonyl (C=O) groups excluding carboxylic acids is 3. The lowest BCUT2D eigenvalue weighted by Gasteiger charge is -2.17. The van der Waals surface area contributed by atoms with Crippen molar-refractivity contribution >= 4 is 29.4 Å². The van der Waals surface area contributed by atoms with Gasteiger partial charge in [-0.15, -0.1) is 0 Å². The highest BCUT2D eigenvalue weighted by Gasteiger charge is 2.21. The molecule has 35 heavy (non-hydrogen) atoms. The average molecular weight is 482 g/mol. The third-order valence-electron chi connectivity index (χ3n) is 4.93. The number of Topliss-reactive ketones (excluding diaryl/α,β-unsaturated/α-hetero) is 1. The number of hydrogen-bond donors (Lipinski definition) is 1. The molecule has 0 fully saturated rings. The summed E-state index contributed by atoms with van der Waals surface area (Å²) in [5, 5.41) is 2.80. The van der Waals surface area contributed by atoms with Crippen LogP contribution in [0, 0.1) is 5.41 Å². The molecule has 0 atom stereocenters. The molecule has 188 valence electrons. The minimum Gasteiger partial charge on any atom is -0.490 e. The first-order valence-corrected chi connectivity index (χ1v) is 11.8. The predicted octanol–water partition coefficient (Wildman–Crippen LogP) is 5.69. The van der Waals surface area contributed by atoms with Crippen LogP contribution in [0.15, 0.2) is 48.5 Å². The van der Waals surface area contributed by atoms with Crippen LogP contribution in [-0.4, -0.2) is 37.5 Å². The minimum atomic E-state index is -0.631. The van der Waals surface area contributed by atoms with Crippen molar-refractivity contribution < 1.29 is 28.6 Å². The van der Waals surface area contributed by atoms with Crippen molar-refractivity contribution in [3.63, 3.8) is 0 Å². The van der Waals surface area contributed by atoms with E-state index in [2.05, 4.69) is 12.2 Å². The number of unbranched alkanes of at least 4 members (excludes halogenated alkanes) is 1. The van der Waals surface area contributed by atoms with Crippen LogP contribution in [0.25, 0.3) is 6.08 Å². The summed E-state index contributed by atoms with van der Waals surface area (Å²) in [5.74, 6) is 0.177. The van der Waals surface area contributed by atoms with Crippen molar-refractivity contribution in [1.29, 1.82) is 0 Å². The monoisotopic (exact) mass is 481 g/mol. The van der Waals surface area contributed by atoms with E-state index < -0.39 is 11.4 Å². The van der Waals surface area contributed by atoms with Gasteiger partial charge in [0.05, 0.1) is 13.2 Å². The van der Waals surface area contributed by atoms with Gasteiger partial charge in [-0.1, -0.05) is 40.2 Å². The lowest BCUT2D eigenvalue weighted by atomic mass is 9.95. The van der Waals surface area contributed by atoms with Crippen LogP contribution >= 0.6 is 0 Å². The second-order valence-electron chi connectivity index (χ2n) is 8.99. The average Bonchev–Trinajstić information content (AvgIpc) is 2.82. The van der Waals surface area contributed by atoms with Crippen molar-refractivity contribution in [2.75, 3.05) is 25.1 Å². The molecule has 0 aliphatic rings. The van der Waals surface area contributed by atoms with Gasteiger partial charge in [-0.2, -0.15) is 0 Å². The molecule has 2 rings (SSSR count). The summed E-state index contributed by atoms with van der Waals surface area (Å²) in [7, 11) is 0. The molecule has 2 aromatic rings. The molecule has 0 heterocycles. The number of ketones is 1. The summed E-state index contributed by atoms with van der Waals surface area (Å²) < 4.78 is 16.5. The number of carbonyl (C=O) groups is 3. The standard InChI is InChI=1S/C28H35NO6/c1-6-8-17-34-24-15-9-20(18-25(24)33-7-2)10-16-26(31)35-19-23(30)21-11-13-22(14-12-21)29-27(32)28(3,4)5/h9-16,18H,6-8,17,19H2,1-5H3,(H,29,32)/b16-10+. The van der Waals surface area contributed by atoms with Gasteiger partial charge in [0.2, 0.25) is 5.91 Å². The van der Waals surface area contributed by atoms with E-state index in [0.717, 1.165) is 18.4 Å². The largest absolute Gasteiger partial charge is 0.490 e. The molecule has 7 nitrogen and oxygen atoms in total. The van der Waals surface area contributed by atoms with Crippen molar-refractivity contribution in [3.05, 3.63) is 59.7 Å². The molecule has 0 aromatic heterocycles. The maximum Gasteiger partial charge on any atom is 0.331 e. The minimum absolute atomic E-state index is 0.121. The maximum atomic E-state index is 12.4. The Morgan fingerprint density at radius 3 is 2.29 bits per heavy atom. The molecule has 2 aromatic carbocycles. The molecule has 0 aliphatic heterocycles. The van der Waals surface area contributed by atoms with Gasteiger partial charge in [-0.05, 0) is 61.4 Å². The molecule has 0 radical (unpaired) electrons. The van der Waals surface area contributed by atoms with Crippen LogP contribution in [0.4, 0.5) is 5.69 Å². The highest BCUT2D eigenvalue weighted by molar-refractivity contribution is 6.00. The molecular weight excluding hydrogens is 446 g/mol. The van der Waals surface area contributed by atoms with Crippen LogP contribution in [-0.2, 0) is 14.3 Å². The molecule has 0 spiro atoms. The molecule has 0 aliphatic carbocycles. The quantitative estimate of drug-likeness (QED) is 0.181. The molecular formula is C28H35NO6. The van der Waals surface area contributed by atoms with Crippen molar-refractivity contribution in [1.82, 2.24) is 0 Å². The fourth-order valence-corrected chi connectivity index (χ4v) is 2.83. The highest BCUT2D eigenvalue weighted by Crippen LogP contribution is 2.29. The predicted molar refractivity (Wildman–Crippen MR) is 137 cm³/mol. The van der Waals surface area contributed by atoms with Crippen molar-refractivity contribution in [2.45, 2.75) is 47.5 Å². The van der Waals surface area contributed by atoms with Gasteiger partial charge >= 0.3 is 5.97 Å². The summed E-state index contributed by atoms with van der Waals surface area (Å²) in [4.78, 5) is 36.5. The Kier molecular flexibility index (Phi) is 10.5. The molecule has 1 N–H and O–H groups in total. The second kappa shape index (κ2) is 13.3. The number of esters is 1. The Bertz CT molecular complexity index is 1030. The number of amides is 1. The van der Waals surface area contributed by atoms with E-state index in [4.69, 9.17) is 14.2 Å². The maximum absolute atomic E-state index is 12.4. The number of ether oxygens (including phenoxy) is 3. The van der Waals surface area contributed by atoms with Crippen molar-refractivity contribution in [3.8, 4) is 11.5 Å². The van der Waals surface area contributed by atoms with Gasteiger partial charge < -0.3 is 19.5 Å². The van der Waals surface area contributed by atoms with Crippen LogP contribution in [0.3, 0.4) is 0 Å². The molecule has 0 unspecified atom stereocenters. The van der Waals surface area contributed by atoms with Crippen LogP contribution < -0.4 is 14.8 Å². The number of nitrogens with one attached hydrogen (secondary N) is 1. The zero-order valence-corrected chi connectivity index (χ0v) is 21.2. The fraction of sp³-hybridized carbons (Fsp3) is 0.393. The van der Waals surface area contributed by atoms with E-state index in [1.54, 1.807) is 36.4 Å². The summed E-state index contributed by atoms with van der Waals surface area (Å²) >= 11 is 0. The number of rotatable bonds is 12. The van der Waals surface area contributed by atoms with Crippen LogP contribution in [0.1, 0.15) is 63.4 Å². The highest BCUT2D eigenvalue weighted by atomic mass is 16.5. The number of anilines is 1. The van der Waals surface area contributed by atoms with Gasteiger partial charge in [0, 0.05) is 22.7 Å². The van der Waals surface area contributed by atoms with E-state index in [1.807, 2.05) is 39.8 Å². The first-order valence-electron chi connectivity index (χ1n) is 11.8. The van der Waals surface area contributed by atoms with Gasteiger partial charge in [-0.3, -0.25) is 9.59 Å². The zero-order chi connectivity index (χ0) is 25.8. The summed E-state index contributed by atoms with van der Waals surface area (Å²) in [6, 6.07) is 11.9. The third-order valence-corrected chi connectivity index (χ3v) is 4.93. The molecule has 0 bridgehead atoms. The third kappa shape index (κ3) is 9.27. The summed E-state index contributed by atoms with van der Waals surface area (Å²) in [5.41, 5.74) is 1.20. The van der Waals surface area contributed by atoms with Gasteiger partial charge in [0.1, 0.15) is 0 Å². The Hall–Kier alpha value is -3.61. The van der Waals surface area contributed by atoms with E-state index >= 15 is 0 Å². The van der Waals surface area contributed by atoms with Gasteiger partial charge in [0.15, 0.2) is 23.9 Å². The van der Waals surface area contributed by atoms with E-state index in [0.29, 0.717) is 36.0 Å². The van der Waals surface area contributed by atoms with E-state index in [9.17, 15) is 14.4 Å².